The average Bonchev–Trinajstić information content (AvgIpc) is 2.48. The zero-order chi connectivity index (χ0) is 14.5. The minimum absolute atomic E-state index is 0.0836. The Bertz CT molecular complexity index is 444. The lowest BCUT2D eigenvalue weighted by molar-refractivity contribution is 0.483. The van der Waals surface area contributed by atoms with Crippen molar-refractivity contribution >= 4 is 39.5 Å². The quantitative estimate of drug-likeness (QED) is 0.786. The van der Waals surface area contributed by atoms with Gasteiger partial charge in [0.1, 0.15) is 5.82 Å². The van der Waals surface area contributed by atoms with Gasteiger partial charge in [-0.2, -0.15) is 23.5 Å². The molecule has 1 aromatic rings. The summed E-state index contributed by atoms with van der Waals surface area (Å²) < 4.78 is 15.0. The third kappa shape index (κ3) is 3.73. The molecule has 1 aliphatic rings. The molecule has 1 N–H and O–H groups in total. The molecule has 1 fully saturated rings. The number of rotatable bonds is 5. The average molecular weight is 378 g/mol. The van der Waals surface area contributed by atoms with Gasteiger partial charge in [-0.3, -0.25) is 0 Å². The summed E-state index contributed by atoms with van der Waals surface area (Å²) in [6.07, 6.45) is 1.14. The molecule has 3 atom stereocenters. The Morgan fingerprint density at radius 1 is 1.35 bits per heavy atom. The van der Waals surface area contributed by atoms with Crippen LogP contribution in [0.1, 0.15) is 31.9 Å². The first-order chi connectivity index (χ1) is 9.69. The van der Waals surface area contributed by atoms with Crippen LogP contribution < -0.4 is 5.32 Å². The maximum absolute atomic E-state index is 14.5. The van der Waals surface area contributed by atoms with Crippen LogP contribution in [0.25, 0.3) is 0 Å². The van der Waals surface area contributed by atoms with Crippen molar-refractivity contribution in [3.63, 3.8) is 0 Å². The highest BCUT2D eigenvalue weighted by Crippen LogP contribution is 2.41. The molecule has 1 heterocycles. The van der Waals surface area contributed by atoms with Gasteiger partial charge in [-0.15, -0.1) is 0 Å². The van der Waals surface area contributed by atoms with E-state index in [4.69, 9.17) is 0 Å². The fourth-order valence-corrected chi connectivity index (χ4v) is 6.25. The van der Waals surface area contributed by atoms with Crippen molar-refractivity contribution in [2.45, 2.75) is 36.8 Å². The molecule has 0 amide bonds. The van der Waals surface area contributed by atoms with Crippen LogP contribution in [0.4, 0.5) is 4.39 Å². The van der Waals surface area contributed by atoms with E-state index in [9.17, 15) is 4.39 Å². The second-order valence-corrected chi connectivity index (χ2v) is 8.32. The van der Waals surface area contributed by atoms with Gasteiger partial charge >= 0.3 is 0 Å². The van der Waals surface area contributed by atoms with Crippen LogP contribution >= 0.6 is 39.5 Å². The lowest BCUT2D eigenvalue weighted by atomic mass is 9.99. The summed E-state index contributed by atoms with van der Waals surface area (Å²) in [5, 5.41) is 4.53. The number of hydrogen-bond donors (Lipinski definition) is 1. The first-order valence-electron chi connectivity index (χ1n) is 7.09. The van der Waals surface area contributed by atoms with Gasteiger partial charge in [-0.05, 0) is 35.0 Å². The standard InChI is InChI=1S/C15H21BrFNS2/c1-3-12-15(20-9-8-19-12)14(18-4-2)10-6-5-7-11(16)13(10)17/h5-7,12,14-15,18H,3-4,8-9H2,1-2H3. The summed E-state index contributed by atoms with van der Waals surface area (Å²) >= 11 is 7.33. The molecule has 1 aliphatic heterocycles. The summed E-state index contributed by atoms with van der Waals surface area (Å²) in [5.41, 5.74) is 0.791. The second-order valence-electron chi connectivity index (χ2n) is 4.83. The minimum atomic E-state index is -0.121. The first kappa shape index (κ1) is 16.7. The minimum Gasteiger partial charge on any atom is -0.309 e. The van der Waals surface area contributed by atoms with E-state index in [-0.39, 0.29) is 11.9 Å². The van der Waals surface area contributed by atoms with Gasteiger partial charge < -0.3 is 5.32 Å². The summed E-state index contributed by atoms with van der Waals surface area (Å²) in [6, 6.07) is 5.69. The molecular weight excluding hydrogens is 357 g/mol. The van der Waals surface area contributed by atoms with Crippen LogP contribution in [0, 0.1) is 5.82 Å². The summed E-state index contributed by atoms with van der Waals surface area (Å²) in [6.45, 7) is 5.18. The zero-order valence-corrected chi connectivity index (χ0v) is 15.1. The number of benzene rings is 1. The number of nitrogens with one attached hydrogen (secondary N) is 1. The molecular formula is C15H21BrFNS2. The van der Waals surface area contributed by atoms with Crippen LogP contribution in [-0.4, -0.2) is 28.6 Å². The highest BCUT2D eigenvalue weighted by atomic mass is 79.9. The van der Waals surface area contributed by atoms with Gasteiger partial charge in [0, 0.05) is 33.6 Å². The number of halogens is 2. The predicted molar refractivity (Wildman–Crippen MR) is 93.3 cm³/mol. The van der Waals surface area contributed by atoms with Gasteiger partial charge in [0.25, 0.3) is 0 Å². The molecule has 112 valence electrons. The molecule has 1 nitrogen and oxygen atoms in total. The van der Waals surface area contributed by atoms with Crippen molar-refractivity contribution in [3.05, 3.63) is 34.1 Å². The second kappa shape index (κ2) is 8.06. The highest BCUT2D eigenvalue weighted by Gasteiger charge is 2.34. The Morgan fingerprint density at radius 2 is 2.10 bits per heavy atom. The molecule has 0 aromatic heterocycles. The smallest absolute Gasteiger partial charge is 0.142 e. The summed E-state index contributed by atoms with van der Waals surface area (Å²) in [5.74, 6) is 2.24. The molecule has 2 rings (SSSR count). The Morgan fingerprint density at radius 3 is 2.80 bits per heavy atom. The Balaban J connectivity index is 2.32. The summed E-state index contributed by atoms with van der Waals surface area (Å²) in [4.78, 5) is 0. The van der Waals surface area contributed by atoms with Gasteiger partial charge in [0.15, 0.2) is 0 Å². The van der Waals surface area contributed by atoms with Gasteiger partial charge in [-0.1, -0.05) is 26.0 Å². The lowest BCUT2D eigenvalue weighted by Gasteiger charge is -2.36. The molecule has 20 heavy (non-hydrogen) atoms. The van der Waals surface area contributed by atoms with Crippen LogP contribution in [0.15, 0.2) is 22.7 Å². The molecule has 3 unspecified atom stereocenters. The van der Waals surface area contributed by atoms with E-state index in [1.54, 1.807) is 6.07 Å². The number of thioether (sulfide) groups is 2. The molecule has 0 aliphatic carbocycles. The first-order valence-corrected chi connectivity index (χ1v) is 9.98. The molecule has 1 saturated heterocycles. The van der Waals surface area contributed by atoms with Crippen molar-refractivity contribution < 1.29 is 4.39 Å². The van der Waals surface area contributed by atoms with Crippen LogP contribution in [0.2, 0.25) is 0 Å². The fraction of sp³-hybridized carbons (Fsp3) is 0.600. The molecule has 0 saturated carbocycles. The van der Waals surface area contributed by atoms with E-state index >= 15 is 0 Å². The predicted octanol–water partition coefficient (Wildman–Crippen LogP) is 4.87. The van der Waals surface area contributed by atoms with Gasteiger partial charge in [0.05, 0.1) is 4.47 Å². The lowest BCUT2D eigenvalue weighted by Crippen LogP contribution is -2.39. The molecule has 0 bridgehead atoms. The van der Waals surface area contributed by atoms with E-state index in [1.165, 1.54) is 5.75 Å². The van der Waals surface area contributed by atoms with E-state index in [2.05, 4.69) is 35.1 Å². The Labute approximate surface area is 138 Å². The Kier molecular flexibility index (Phi) is 6.72. The summed E-state index contributed by atoms with van der Waals surface area (Å²) in [7, 11) is 0. The largest absolute Gasteiger partial charge is 0.309 e. The maximum Gasteiger partial charge on any atom is 0.142 e. The molecule has 0 spiro atoms. The van der Waals surface area contributed by atoms with Crippen molar-refractivity contribution in [3.8, 4) is 0 Å². The topological polar surface area (TPSA) is 12.0 Å². The Hall–Kier alpha value is 0.290. The van der Waals surface area contributed by atoms with Crippen LogP contribution in [0.3, 0.4) is 0 Å². The van der Waals surface area contributed by atoms with Crippen molar-refractivity contribution in [1.82, 2.24) is 5.32 Å². The third-order valence-electron chi connectivity index (χ3n) is 3.56. The molecule has 1 aromatic carbocycles. The molecule has 5 heteroatoms. The fourth-order valence-electron chi connectivity index (χ4n) is 2.63. The van der Waals surface area contributed by atoms with E-state index < -0.39 is 0 Å². The van der Waals surface area contributed by atoms with Crippen molar-refractivity contribution in [2.75, 3.05) is 18.1 Å². The van der Waals surface area contributed by atoms with E-state index in [0.717, 1.165) is 24.3 Å². The van der Waals surface area contributed by atoms with E-state index in [0.29, 0.717) is 15.0 Å². The number of hydrogen-bond acceptors (Lipinski definition) is 3. The highest BCUT2D eigenvalue weighted by molar-refractivity contribution is 9.10. The van der Waals surface area contributed by atoms with Crippen molar-refractivity contribution in [2.24, 2.45) is 0 Å². The third-order valence-corrected chi connectivity index (χ3v) is 7.53. The van der Waals surface area contributed by atoms with Crippen LogP contribution in [-0.2, 0) is 0 Å². The van der Waals surface area contributed by atoms with E-state index in [1.807, 2.05) is 35.7 Å². The monoisotopic (exact) mass is 377 g/mol. The van der Waals surface area contributed by atoms with Crippen molar-refractivity contribution in [1.29, 1.82) is 0 Å². The zero-order valence-electron chi connectivity index (χ0n) is 11.9. The SMILES string of the molecule is CCNC(c1cccc(Br)c1F)C1SCCSC1CC. The maximum atomic E-state index is 14.5. The molecule has 0 radical (unpaired) electrons. The van der Waals surface area contributed by atoms with Gasteiger partial charge in [-0.25, -0.2) is 4.39 Å². The van der Waals surface area contributed by atoms with Crippen LogP contribution in [0.5, 0.6) is 0 Å². The normalized spacial score (nSPS) is 24.6. The van der Waals surface area contributed by atoms with Gasteiger partial charge in [0.2, 0.25) is 0 Å².